The quantitative estimate of drug-likeness (QED) is 0.437. The summed E-state index contributed by atoms with van der Waals surface area (Å²) < 4.78 is 16.4. The predicted octanol–water partition coefficient (Wildman–Crippen LogP) is 2.60. The molecule has 0 saturated carbocycles. The standard InChI is InChI=1S/C20H33N3O3/c1-16-6-7-17(14-19(16)25-4)15-22-20(21-2)23-10-8-18(9-11-23)26-13-5-12-24-3/h6-7,14,18H,5,8-13,15H2,1-4H3,(H,21,22). The van der Waals surface area contributed by atoms with Crippen molar-refractivity contribution in [3.63, 3.8) is 0 Å². The highest BCUT2D eigenvalue weighted by Gasteiger charge is 2.21. The molecule has 0 radical (unpaired) electrons. The first-order valence-corrected chi connectivity index (χ1v) is 9.37. The Labute approximate surface area is 157 Å². The van der Waals surface area contributed by atoms with Gasteiger partial charge >= 0.3 is 0 Å². The summed E-state index contributed by atoms with van der Waals surface area (Å²) in [5.41, 5.74) is 2.33. The minimum Gasteiger partial charge on any atom is -0.496 e. The van der Waals surface area contributed by atoms with Crippen LogP contribution in [0.15, 0.2) is 23.2 Å². The van der Waals surface area contributed by atoms with Crippen LogP contribution < -0.4 is 10.1 Å². The fraction of sp³-hybridized carbons (Fsp3) is 0.650. The first kappa shape index (κ1) is 20.5. The molecule has 1 N–H and O–H groups in total. The Kier molecular flexibility index (Phi) is 8.71. The second-order valence-electron chi connectivity index (χ2n) is 6.61. The van der Waals surface area contributed by atoms with Crippen LogP contribution in [-0.4, -0.2) is 64.5 Å². The van der Waals surface area contributed by atoms with Gasteiger partial charge in [0.2, 0.25) is 0 Å². The van der Waals surface area contributed by atoms with Gasteiger partial charge in [0.25, 0.3) is 0 Å². The molecule has 26 heavy (non-hydrogen) atoms. The highest BCUT2D eigenvalue weighted by Crippen LogP contribution is 2.19. The molecule has 1 fully saturated rings. The topological polar surface area (TPSA) is 55.3 Å². The van der Waals surface area contributed by atoms with Crippen molar-refractivity contribution in [1.29, 1.82) is 0 Å². The molecule has 0 aromatic heterocycles. The zero-order valence-corrected chi connectivity index (χ0v) is 16.6. The molecular weight excluding hydrogens is 330 g/mol. The number of guanidine groups is 1. The summed E-state index contributed by atoms with van der Waals surface area (Å²) in [5.74, 6) is 1.87. The third-order valence-corrected chi connectivity index (χ3v) is 4.72. The number of hydrogen-bond donors (Lipinski definition) is 1. The molecule has 1 heterocycles. The van der Waals surface area contributed by atoms with Gasteiger partial charge in [-0.3, -0.25) is 4.99 Å². The highest BCUT2D eigenvalue weighted by atomic mass is 16.5. The van der Waals surface area contributed by atoms with E-state index in [1.54, 1.807) is 14.2 Å². The Hall–Kier alpha value is -1.79. The molecule has 1 saturated heterocycles. The van der Waals surface area contributed by atoms with Gasteiger partial charge in [-0.2, -0.15) is 0 Å². The maximum absolute atomic E-state index is 5.93. The van der Waals surface area contributed by atoms with E-state index in [2.05, 4.69) is 40.3 Å². The van der Waals surface area contributed by atoms with Crippen LogP contribution in [0.4, 0.5) is 0 Å². The van der Waals surface area contributed by atoms with E-state index < -0.39 is 0 Å². The number of rotatable bonds is 8. The van der Waals surface area contributed by atoms with Crippen molar-refractivity contribution in [2.75, 3.05) is 47.6 Å². The number of benzene rings is 1. The van der Waals surface area contributed by atoms with Crippen LogP contribution in [0.1, 0.15) is 30.4 Å². The number of likely N-dealkylation sites (tertiary alicyclic amines) is 1. The van der Waals surface area contributed by atoms with Gasteiger partial charge in [-0.1, -0.05) is 12.1 Å². The van der Waals surface area contributed by atoms with Crippen LogP contribution in [0.3, 0.4) is 0 Å². The van der Waals surface area contributed by atoms with Crippen molar-refractivity contribution in [2.45, 2.75) is 38.8 Å². The van der Waals surface area contributed by atoms with Crippen LogP contribution in [0, 0.1) is 6.92 Å². The van der Waals surface area contributed by atoms with E-state index in [9.17, 15) is 0 Å². The first-order valence-electron chi connectivity index (χ1n) is 9.37. The van der Waals surface area contributed by atoms with Gasteiger partial charge in [-0.15, -0.1) is 0 Å². The van der Waals surface area contributed by atoms with Crippen LogP contribution in [-0.2, 0) is 16.0 Å². The van der Waals surface area contributed by atoms with Crippen molar-refractivity contribution in [2.24, 2.45) is 4.99 Å². The molecule has 2 rings (SSSR count). The second-order valence-corrected chi connectivity index (χ2v) is 6.61. The van der Waals surface area contributed by atoms with E-state index in [1.165, 1.54) is 5.56 Å². The van der Waals surface area contributed by atoms with Crippen LogP contribution in [0.5, 0.6) is 5.75 Å². The maximum Gasteiger partial charge on any atom is 0.193 e. The van der Waals surface area contributed by atoms with Gasteiger partial charge in [-0.05, 0) is 43.4 Å². The second kappa shape index (κ2) is 11.0. The van der Waals surface area contributed by atoms with Gasteiger partial charge < -0.3 is 24.4 Å². The fourth-order valence-electron chi connectivity index (χ4n) is 3.18. The summed E-state index contributed by atoms with van der Waals surface area (Å²) in [6.45, 7) is 6.25. The van der Waals surface area contributed by atoms with Gasteiger partial charge in [-0.25, -0.2) is 0 Å². The van der Waals surface area contributed by atoms with Crippen LogP contribution in [0.2, 0.25) is 0 Å². The lowest BCUT2D eigenvalue weighted by molar-refractivity contribution is 0.00989. The maximum atomic E-state index is 5.93. The predicted molar refractivity (Wildman–Crippen MR) is 105 cm³/mol. The van der Waals surface area contributed by atoms with E-state index in [0.717, 1.165) is 69.4 Å². The van der Waals surface area contributed by atoms with Gasteiger partial charge in [0, 0.05) is 47.0 Å². The Bertz CT molecular complexity index is 569. The van der Waals surface area contributed by atoms with E-state index in [0.29, 0.717) is 6.10 Å². The summed E-state index contributed by atoms with van der Waals surface area (Å²) in [4.78, 5) is 6.75. The Balaban J connectivity index is 1.77. The van der Waals surface area contributed by atoms with Crippen molar-refractivity contribution in [3.05, 3.63) is 29.3 Å². The number of hydrogen-bond acceptors (Lipinski definition) is 4. The average Bonchev–Trinajstić information content (AvgIpc) is 2.68. The Morgan fingerprint density at radius 3 is 2.65 bits per heavy atom. The smallest absolute Gasteiger partial charge is 0.193 e. The normalized spacial score (nSPS) is 16.0. The number of nitrogens with one attached hydrogen (secondary N) is 1. The molecule has 0 spiro atoms. The summed E-state index contributed by atoms with van der Waals surface area (Å²) in [6, 6.07) is 6.29. The monoisotopic (exact) mass is 363 g/mol. The molecule has 1 aromatic rings. The zero-order chi connectivity index (χ0) is 18.8. The number of methoxy groups -OCH3 is 2. The molecule has 1 aromatic carbocycles. The average molecular weight is 364 g/mol. The molecule has 1 aliphatic heterocycles. The number of piperidine rings is 1. The Morgan fingerprint density at radius 2 is 2.00 bits per heavy atom. The van der Waals surface area contributed by atoms with E-state index in [1.807, 2.05) is 7.05 Å². The minimum atomic E-state index is 0.350. The summed E-state index contributed by atoms with van der Waals surface area (Å²) in [6.07, 6.45) is 3.38. The molecule has 1 aliphatic rings. The van der Waals surface area contributed by atoms with Crippen molar-refractivity contribution < 1.29 is 14.2 Å². The summed E-state index contributed by atoms with van der Waals surface area (Å²) in [7, 11) is 5.27. The first-order chi connectivity index (χ1) is 12.7. The minimum absolute atomic E-state index is 0.350. The largest absolute Gasteiger partial charge is 0.496 e. The van der Waals surface area contributed by atoms with Gasteiger partial charge in [0.1, 0.15) is 5.75 Å². The highest BCUT2D eigenvalue weighted by molar-refractivity contribution is 5.80. The third kappa shape index (κ3) is 6.18. The number of ether oxygens (including phenoxy) is 3. The lowest BCUT2D eigenvalue weighted by atomic mass is 10.1. The molecular formula is C20H33N3O3. The van der Waals surface area contributed by atoms with Gasteiger partial charge in [0.15, 0.2) is 5.96 Å². The summed E-state index contributed by atoms with van der Waals surface area (Å²) >= 11 is 0. The lowest BCUT2D eigenvalue weighted by Gasteiger charge is -2.34. The Morgan fingerprint density at radius 1 is 1.23 bits per heavy atom. The molecule has 0 unspecified atom stereocenters. The van der Waals surface area contributed by atoms with E-state index >= 15 is 0 Å². The van der Waals surface area contributed by atoms with Crippen LogP contribution >= 0.6 is 0 Å². The number of aryl methyl sites for hydroxylation is 1. The lowest BCUT2D eigenvalue weighted by Crippen LogP contribution is -2.46. The van der Waals surface area contributed by atoms with E-state index in [4.69, 9.17) is 14.2 Å². The van der Waals surface area contributed by atoms with Crippen molar-refractivity contribution in [1.82, 2.24) is 10.2 Å². The molecule has 146 valence electrons. The molecule has 6 heteroatoms. The molecule has 0 atom stereocenters. The summed E-state index contributed by atoms with van der Waals surface area (Å²) in [5, 5.41) is 3.46. The van der Waals surface area contributed by atoms with Crippen molar-refractivity contribution in [3.8, 4) is 5.75 Å². The molecule has 6 nitrogen and oxygen atoms in total. The van der Waals surface area contributed by atoms with Crippen LogP contribution in [0.25, 0.3) is 0 Å². The van der Waals surface area contributed by atoms with Gasteiger partial charge in [0.05, 0.1) is 13.2 Å². The molecule has 0 amide bonds. The third-order valence-electron chi connectivity index (χ3n) is 4.72. The SMILES string of the molecule is CN=C(NCc1ccc(C)c(OC)c1)N1CCC(OCCCOC)CC1. The number of nitrogens with zero attached hydrogens (tertiary/aromatic N) is 2. The number of aliphatic imine (C=N–C) groups is 1. The van der Waals surface area contributed by atoms with Crippen molar-refractivity contribution >= 4 is 5.96 Å². The molecule has 0 aliphatic carbocycles. The van der Waals surface area contributed by atoms with E-state index in [-0.39, 0.29) is 0 Å². The molecule has 0 bridgehead atoms. The zero-order valence-electron chi connectivity index (χ0n) is 16.6. The fourth-order valence-corrected chi connectivity index (χ4v) is 3.18.